The normalized spacial score (nSPS) is 20.2. The van der Waals surface area contributed by atoms with Crippen LogP contribution in [0.5, 0.6) is 0 Å². The Hall–Kier alpha value is -6.05. The van der Waals surface area contributed by atoms with Crippen molar-refractivity contribution in [2.45, 2.75) is 69.9 Å². The highest BCUT2D eigenvalue weighted by Gasteiger charge is 2.40. The van der Waals surface area contributed by atoms with E-state index >= 15 is 0 Å². The number of para-hydroxylation sites is 2. The molecule has 0 spiro atoms. The molecule has 5 aromatic carbocycles. The van der Waals surface area contributed by atoms with Crippen molar-refractivity contribution in [2.75, 3.05) is 26.7 Å². The molecule has 1 aromatic heterocycles. The van der Waals surface area contributed by atoms with Gasteiger partial charge in [0.05, 0.1) is 37.0 Å². The van der Waals surface area contributed by atoms with Crippen LogP contribution in [0.3, 0.4) is 0 Å². The molecule has 2 saturated heterocycles. The number of amides is 2. The van der Waals surface area contributed by atoms with Crippen LogP contribution in [0, 0.1) is 5.92 Å². The van der Waals surface area contributed by atoms with Crippen molar-refractivity contribution in [3.05, 3.63) is 166 Å². The van der Waals surface area contributed by atoms with Gasteiger partial charge in [0.2, 0.25) is 0 Å². The van der Waals surface area contributed by atoms with Crippen molar-refractivity contribution in [3.63, 3.8) is 0 Å². The predicted octanol–water partition coefficient (Wildman–Crippen LogP) is 7.20. The van der Waals surface area contributed by atoms with Gasteiger partial charge in [0.25, 0.3) is 0 Å². The molecule has 2 amide bonds. The van der Waals surface area contributed by atoms with Crippen molar-refractivity contribution in [1.29, 1.82) is 0 Å². The summed E-state index contributed by atoms with van der Waals surface area (Å²) in [6, 6.07) is 40.2. The predicted molar refractivity (Wildman–Crippen MR) is 233 cm³/mol. The molecule has 0 unspecified atom stereocenters. The monoisotopic (exact) mass is 823 g/mol. The van der Waals surface area contributed by atoms with Crippen molar-refractivity contribution in [1.82, 2.24) is 25.1 Å². The molecule has 0 saturated carbocycles. The van der Waals surface area contributed by atoms with E-state index in [2.05, 4.69) is 27.4 Å². The lowest BCUT2D eigenvalue weighted by molar-refractivity contribution is -0.276. The molecule has 61 heavy (non-hydrogen) atoms. The first-order valence-electron chi connectivity index (χ1n) is 21.0. The number of aliphatic hydroxyl groups excluding tert-OH is 1. The van der Waals surface area contributed by atoms with Crippen LogP contribution < -0.4 is 16.3 Å². The number of fused-ring (bicyclic) bond motifs is 1. The summed E-state index contributed by atoms with van der Waals surface area (Å²) in [5, 5.41) is 15.4. The van der Waals surface area contributed by atoms with E-state index in [0.29, 0.717) is 6.42 Å². The van der Waals surface area contributed by atoms with Crippen molar-refractivity contribution in [2.24, 2.45) is 5.92 Å². The van der Waals surface area contributed by atoms with Crippen LogP contribution in [0.2, 0.25) is 0 Å². The third kappa shape index (κ3) is 9.63. The van der Waals surface area contributed by atoms with Gasteiger partial charge >= 0.3 is 17.7 Å². The third-order valence-electron chi connectivity index (χ3n) is 12.1. The number of hydrogen-bond acceptors (Lipinski definition) is 8. The summed E-state index contributed by atoms with van der Waals surface area (Å²) in [5.41, 5.74) is 8.25. The summed E-state index contributed by atoms with van der Waals surface area (Å²) in [6.07, 6.45) is 1.02. The van der Waals surface area contributed by atoms with Gasteiger partial charge in [0.1, 0.15) is 6.04 Å². The third-order valence-corrected chi connectivity index (χ3v) is 12.1. The maximum absolute atomic E-state index is 13.1. The number of carbonyl (C=O) groups excluding carboxylic acids is 2. The molecule has 0 radical (unpaired) electrons. The number of likely N-dealkylation sites (tertiary alicyclic amines) is 1. The van der Waals surface area contributed by atoms with E-state index in [1.807, 2.05) is 132 Å². The second kappa shape index (κ2) is 19.1. The molecule has 5 atom stereocenters. The standard InChI is InChI=1S/C49H53N5O7/c1-32-44(30-53-26-24-39(25-27-53)54-43-15-9-8-14-41(43)52-49(54)58)60-47(61-45(32)36-18-16-34(31-55)17-19-36)37-22-20-35(21-23-37)40-13-7-6-12-38(40)29-50-48(57)51-42(46(56)59-2)28-33-10-4-3-5-11-33/h3-23,32,39,42,44-45,47,55H,24-31H2,1-2H3,(H,52,58)(H2,50,51,57)/t32-,42-,44+,45+,47+/m0/s1. The lowest BCUT2D eigenvalue weighted by Crippen LogP contribution is -2.47. The van der Waals surface area contributed by atoms with Crippen molar-refractivity contribution >= 4 is 23.0 Å². The van der Waals surface area contributed by atoms with Gasteiger partial charge in [-0.2, -0.15) is 0 Å². The summed E-state index contributed by atoms with van der Waals surface area (Å²) in [5.74, 6) is -0.486. The topological polar surface area (TPSA) is 147 Å². The van der Waals surface area contributed by atoms with E-state index in [-0.39, 0.29) is 43.0 Å². The molecule has 2 aliphatic heterocycles. The molecule has 12 heteroatoms. The molecule has 8 rings (SSSR count). The Morgan fingerprint density at radius 3 is 2.26 bits per heavy atom. The molecule has 12 nitrogen and oxygen atoms in total. The highest BCUT2D eigenvalue weighted by atomic mass is 16.7. The minimum atomic E-state index is -0.836. The highest BCUT2D eigenvalue weighted by Crippen LogP contribution is 2.42. The van der Waals surface area contributed by atoms with Gasteiger partial charge in [-0.25, -0.2) is 14.4 Å². The summed E-state index contributed by atoms with van der Waals surface area (Å²) in [4.78, 5) is 44.0. The van der Waals surface area contributed by atoms with Gasteiger partial charge in [-0.05, 0) is 58.4 Å². The van der Waals surface area contributed by atoms with Gasteiger partial charge in [-0.3, -0.25) is 4.57 Å². The fourth-order valence-corrected chi connectivity index (χ4v) is 8.73. The Kier molecular flexibility index (Phi) is 13.1. The van der Waals surface area contributed by atoms with Crippen LogP contribution >= 0.6 is 0 Å². The maximum atomic E-state index is 13.1. The number of aliphatic hydroxyl groups is 1. The minimum absolute atomic E-state index is 0.0281. The number of nitrogens with zero attached hydrogens (tertiary/aromatic N) is 2. The average molecular weight is 824 g/mol. The van der Waals surface area contributed by atoms with Crippen LogP contribution in [0.4, 0.5) is 4.79 Å². The van der Waals surface area contributed by atoms with Gasteiger partial charge in [0, 0.05) is 50.1 Å². The molecule has 6 aromatic rings. The molecule has 3 heterocycles. The molecular weight excluding hydrogens is 771 g/mol. The number of aromatic amines is 1. The first kappa shape index (κ1) is 41.7. The number of H-pyrrole nitrogens is 1. The first-order chi connectivity index (χ1) is 29.8. The second-order valence-electron chi connectivity index (χ2n) is 16.0. The lowest BCUT2D eigenvalue weighted by atomic mass is 9.89. The van der Waals surface area contributed by atoms with Crippen LogP contribution in [-0.4, -0.2) is 70.4 Å². The summed E-state index contributed by atoms with van der Waals surface area (Å²) < 4.78 is 20.5. The average Bonchev–Trinajstić information content (AvgIpc) is 3.64. The number of urea groups is 1. The lowest BCUT2D eigenvalue weighted by Gasteiger charge is -2.44. The molecular formula is C49H53N5O7. The minimum Gasteiger partial charge on any atom is -0.467 e. The number of nitrogens with one attached hydrogen (secondary N) is 3. The largest absolute Gasteiger partial charge is 0.467 e. The Morgan fingerprint density at radius 2 is 1.52 bits per heavy atom. The number of aromatic nitrogens is 2. The fourth-order valence-electron chi connectivity index (χ4n) is 8.73. The SMILES string of the molecule is COC(=O)[C@H](Cc1ccccc1)NC(=O)NCc1ccccc1-c1ccc([C@@H]2O[C@H](CN3CCC(n4c(=O)[nH]c5ccccc54)CC3)[C@H](C)[C@H](c3ccc(CO)cc3)O2)cc1. The van der Waals surface area contributed by atoms with Crippen molar-refractivity contribution < 1.29 is 28.9 Å². The van der Waals surface area contributed by atoms with Crippen molar-refractivity contribution in [3.8, 4) is 11.1 Å². The van der Waals surface area contributed by atoms with Gasteiger partial charge in [0.15, 0.2) is 6.29 Å². The number of rotatable bonds is 13. The van der Waals surface area contributed by atoms with E-state index in [1.54, 1.807) is 0 Å². The number of methoxy groups -OCH3 is 1. The number of ether oxygens (including phenoxy) is 3. The molecule has 0 aliphatic carbocycles. The van der Waals surface area contributed by atoms with Crippen LogP contribution in [0.15, 0.2) is 132 Å². The van der Waals surface area contributed by atoms with Gasteiger partial charge < -0.3 is 39.8 Å². The number of carbonyl (C=O) groups is 2. The van der Waals surface area contributed by atoms with E-state index in [0.717, 1.165) is 82.5 Å². The second-order valence-corrected chi connectivity index (χ2v) is 16.0. The Balaban J connectivity index is 0.953. The molecule has 4 N–H and O–H groups in total. The number of hydrogen-bond donors (Lipinski definition) is 4. The zero-order valence-electron chi connectivity index (χ0n) is 34.5. The number of benzene rings is 5. The Morgan fingerprint density at radius 1 is 0.836 bits per heavy atom. The molecule has 2 fully saturated rings. The van der Waals surface area contributed by atoms with Crippen LogP contribution in [-0.2, 0) is 38.6 Å². The molecule has 0 bridgehead atoms. The van der Waals surface area contributed by atoms with E-state index < -0.39 is 24.3 Å². The maximum Gasteiger partial charge on any atom is 0.328 e. The molecule has 2 aliphatic rings. The fraction of sp³-hybridized carbons (Fsp3) is 0.327. The van der Waals surface area contributed by atoms with E-state index in [1.165, 1.54) is 7.11 Å². The molecule has 316 valence electrons. The zero-order valence-corrected chi connectivity index (χ0v) is 34.5. The zero-order chi connectivity index (χ0) is 42.3. The number of esters is 1. The highest BCUT2D eigenvalue weighted by molar-refractivity contribution is 5.84. The van der Waals surface area contributed by atoms with E-state index in [4.69, 9.17) is 14.2 Å². The summed E-state index contributed by atoms with van der Waals surface area (Å²) in [7, 11) is 1.31. The summed E-state index contributed by atoms with van der Waals surface area (Å²) in [6.45, 7) is 4.80. The van der Waals surface area contributed by atoms with Crippen LogP contribution in [0.1, 0.15) is 66.0 Å². The Bertz CT molecular complexity index is 2460. The first-order valence-corrected chi connectivity index (χ1v) is 21.0. The Labute approximate surface area is 355 Å². The van der Waals surface area contributed by atoms with E-state index in [9.17, 15) is 19.5 Å². The van der Waals surface area contributed by atoms with Gasteiger partial charge in [-0.1, -0.05) is 122 Å². The van der Waals surface area contributed by atoms with Crippen LogP contribution in [0.25, 0.3) is 22.2 Å². The van der Waals surface area contributed by atoms with Gasteiger partial charge in [-0.15, -0.1) is 0 Å². The summed E-state index contributed by atoms with van der Waals surface area (Å²) >= 11 is 0. The quantitative estimate of drug-likeness (QED) is 0.0895. The number of piperidine rings is 1. The number of imidazole rings is 1. The smallest absolute Gasteiger partial charge is 0.328 e.